The molecule has 1 aromatic heterocycles. The summed E-state index contributed by atoms with van der Waals surface area (Å²) in [6, 6.07) is 1.26. The van der Waals surface area contributed by atoms with Crippen LogP contribution in [-0.4, -0.2) is 45.6 Å². The SMILES string of the molecule is O=C(NCCSCCCO)c1ccnc(Cl)c1[N+](=O)[O-]. The molecule has 0 aliphatic heterocycles. The van der Waals surface area contributed by atoms with Crippen LogP contribution in [0.15, 0.2) is 12.3 Å². The second-order valence-electron chi connectivity index (χ2n) is 3.70. The Balaban J connectivity index is 2.56. The smallest absolute Gasteiger partial charge is 0.319 e. The molecule has 0 radical (unpaired) electrons. The van der Waals surface area contributed by atoms with E-state index in [0.29, 0.717) is 18.7 Å². The number of aliphatic hydroxyl groups excluding tert-OH is 1. The van der Waals surface area contributed by atoms with Crippen molar-refractivity contribution in [1.82, 2.24) is 10.3 Å². The Morgan fingerprint density at radius 3 is 2.95 bits per heavy atom. The summed E-state index contributed by atoms with van der Waals surface area (Å²) >= 11 is 7.21. The minimum Gasteiger partial charge on any atom is -0.396 e. The predicted octanol–water partition coefficient (Wildman–Crippen LogP) is 1.49. The van der Waals surface area contributed by atoms with Gasteiger partial charge in [-0.2, -0.15) is 11.8 Å². The van der Waals surface area contributed by atoms with Gasteiger partial charge in [-0.15, -0.1) is 0 Å². The average molecular weight is 320 g/mol. The van der Waals surface area contributed by atoms with E-state index in [1.807, 2.05) is 0 Å². The van der Waals surface area contributed by atoms with Gasteiger partial charge in [0.05, 0.1) is 4.92 Å². The number of nitrogens with zero attached hydrogens (tertiary/aromatic N) is 2. The van der Waals surface area contributed by atoms with Crippen LogP contribution in [0, 0.1) is 10.1 Å². The number of carbonyl (C=O) groups excluding carboxylic acids is 1. The quantitative estimate of drug-likeness (QED) is 0.325. The Morgan fingerprint density at radius 1 is 1.55 bits per heavy atom. The number of hydrogen-bond acceptors (Lipinski definition) is 6. The molecule has 0 atom stereocenters. The molecule has 0 aliphatic rings. The third-order valence-electron chi connectivity index (χ3n) is 2.29. The van der Waals surface area contributed by atoms with E-state index in [2.05, 4.69) is 10.3 Å². The number of aliphatic hydroxyl groups is 1. The molecule has 20 heavy (non-hydrogen) atoms. The van der Waals surface area contributed by atoms with Crippen LogP contribution in [-0.2, 0) is 0 Å². The normalized spacial score (nSPS) is 10.3. The number of aromatic nitrogens is 1. The molecule has 7 nitrogen and oxygen atoms in total. The molecule has 1 aromatic rings. The van der Waals surface area contributed by atoms with Crippen LogP contribution in [0.5, 0.6) is 0 Å². The number of nitro groups is 1. The van der Waals surface area contributed by atoms with Gasteiger partial charge in [0.1, 0.15) is 5.56 Å². The van der Waals surface area contributed by atoms with Crippen LogP contribution in [0.2, 0.25) is 5.15 Å². The minimum absolute atomic E-state index is 0.102. The van der Waals surface area contributed by atoms with Crippen LogP contribution >= 0.6 is 23.4 Å². The maximum absolute atomic E-state index is 11.9. The molecular formula is C11H14ClN3O4S. The number of rotatable bonds is 8. The Kier molecular flexibility index (Phi) is 7.27. The van der Waals surface area contributed by atoms with E-state index in [0.717, 1.165) is 5.75 Å². The molecular weight excluding hydrogens is 306 g/mol. The first-order chi connectivity index (χ1) is 9.57. The first kappa shape index (κ1) is 16.7. The van der Waals surface area contributed by atoms with Gasteiger partial charge >= 0.3 is 5.69 Å². The fourth-order valence-electron chi connectivity index (χ4n) is 1.39. The summed E-state index contributed by atoms with van der Waals surface area (Å²) in [5.41, 5.74) is -0.588. The van der Waals surface area contributed by atoms with Crippen LogP contribution in [0.25, 0.3) is 0 Å². The summed E-state index contributed by atoms with van der Waals surface area (Å²) in [5, 5.41) is 21.8. The zero-order valence-corrected chi connectivity index (χ0v) is 12.1. The highest BCUT2D eigenvalue weighted by atomic mass is 35.5. The molecule has 1 amide bonds. The van der Waals surface area contributed by atoms with E-state index in [-0.39, 0.29) is 17.3 Å². The summed E-state index contributed by atoms with van der Waals surface area (Å²) in [5.74, 6) is 0.912. The fraction of sp³-hybridized carbons (Fsp3) is 0.455. The van der Waals surface area contributed by atoms with Gasteiger partial charge in [0.25, 0.3) is 5.91 Å². The van der Waals surface area contributed by atoms with Crippen LogP contribution in [0.3, 0.4) is 0 Å². The largest absolute Gasteiger partial charge is 0.396 e. The second-order valence-corrected chi connectivity index (χ2v) is 5.28. The van der Waals surface area contributed by atoms with Crippen molar-refractivity contribution >= 4 is 35.0 Å². The number of carbonyl (C=O) groups is 1. The van der Waals surface area contributed by atoms with Crippen molar-refractivity contribution in [3.8, 4) is 0 Å². The van der Waals surface area contributed by atoms with Gasteiger partial charge in [-0.3, -0.25) is 14.9 Å². The molecule has 0 aromatic carbocycles. The zero-order valence-electron chi connectivity index (χ0n) is 10.5. The van der Waals surface area contributed by atoms with Crippen LogP contribution in [0.1, 0.15) is 16.8 Å². The first-order valence-corrected chi connectivity index (χ1v) is 7.37. The molecule has 0 bridgehead atoms. The number of pyridine rings is 1. The molecule has 1 rings (SSSR count). The van der Waals surface area contributed by atoms with Gasteiger partial charge in [-0.25, -0.2) is 4.98 Å². The number of halogens is 1. The lowest BCUT2D eigenvalue weighted by Gasteiger charge is -2.06. The fourth-order valence-corrected chi connectivity index (χ4v) is 2.40. The third kappa shape index (κ3) is 4.95. The summed E-state index contributed by atoms with van der Waals surface area (Å²) < 4.78 is 0. The number of nitrogens with one attached hydrogen (secondary N) is 1. The molecule has 0 aliphatic carbocycles. The lowest BCUT2D eigenvalue weighted by molar-refractivity contribution is -0.385. The summed E-state index contributed by atoms with van der Waals surface area (Å²) in [6.45, 7) is 0.521. The van der Waals surface area contributed by atoms with Gasteiger partial charge in [-0.05, 0) is 18.2 Å². The van der Waals surface area contributed by atoms with E-state index >= 15 is 0 Å². The van der Waals surface area contributed by atoms with Crippen molar-refractivity contribution < 1.29 is 14.8 Å². The molecule has 0 fully saturated rings. The van der Waals surface area contributed by atoms with Gasteiger partial charge in [0, 0.05) is 25.1 Å². The van der Waals surface area contributed by atoms with E-state index in [9.17, 15) is 14.9 Å². The van der Waals surface area contributed by atoms with Crippen molar-refractivity contribution in [1.29, 1.82) is 0 Å². The van der Waals surface area contributed by atoms with Crippen molar-refractivity contribution in [3.63, 3.8) is 0 Å². The topological polar surface area (TPSA) is 105 Å². The van der Waals surface area contributed by atoms with E-state index in [1.54, 1.807) is 11.8 Å². The number of thioether (sulfide) groups is 1. The predicted molar refractivity (Wildman–Crippen MR) is 77.3 cm³/mol. The zero-order chi connectivity index (χ0) is 15.0. The van der Waals surface area contributed by atoms with E-state index < -0.39 is 16.5 Å². The van der Waals surface area contributed by atoms with Crippen LogP contribution < -0.4 is 5.32 Å². The van der Waals surface area contributed by atoms with Gasteiger partial charge < -0.3 is 10.4 Å². The summed E-state index contributed by atoms with van der Waals surface area (Å²) in [7, 11) is 0. The van der Waals surface area contributed by atoms with Gasteiger partial charge in [0.15, 0.2) is 0 Å². The van der Waals surface area contributed by atoms with Crippen molar-refractivity contribution in [2.45, 2.75) is 6.42 Å². The Labute approximate surface area is 124 Å². The highest BCUT2D eigenvalue weighted by Gasteiger charge is 2.24. The maximum Gasteiger partial charge on any atom is 0.319 e. The number of amides is 1. The maximum atomic E-state index is 11.9. The van der Waals surface area contributed by atoms with E-state index in [1.165, 1.54) is 12.3 Å². The standard InChI is InChI=1S/C11H14ClN3O4S/c12-10-9(15(18)19)8(2-3-13-10)11(17)14-4-7-20-6-1-5-16/h2-3,16H,1,4-7H2,(H,14,17). The average Bonchev–Trinajstić information content (AvgIpc) is 2.41. The Morgan fingerprint density at radius 2 is 2.30 bits per heavy atom. The molecule has 0 saturated heterocycles. The Bertz CT molecular complexity index is 487. The van der Waals surface area contributed by atoms with Gasteiger partial charge in [-0.1, -0.05) is 11.6 Å². The number of hydrogen-bond donors (Lipinski definition) is 2. The van der Waals surface area contributed by atoms with Crippen molar-refractivity contribution in [2.24, 2.45) is 0 Å². The highest BCUT2D eigenvalue weighted by molar-refractivity contribution is 7.99. The summed E-state index contributed by atoms with van der Waals surface area (Å²) in [4.78, 5) is 25.6. The van der Waals surface area contributed by atoms with E-state index in [4.69, 9.17) is 16.7 Å². The third-order valence-corrected chi connectivity index (χ3v) is 3.63. The molecule has 0 saturated carbocycles. The molecule has 110 valence electrons. The van der Waals surface area contributed by atoms with Crippen molar-refractivity contribution in [3.05, 3.63) is 33.1 Å². The lowest BCUT2D eigenvalue weighted by Crippen LogP contribution is -2.26. The van der Waals surface area contributed by atoms with Crippen LogP contribution in [0.4, 0.5) is 5.69 Å². The second kappa shape index (κ2) is 8.72. The molecule has 1 heterocycles. The summed E-state index contributed by atoms with van der Waals surface area (Å²) in [6.07, 6.45) is 1.95. The lowest BCUT2D eigenvalue weighted by atomic mass is 10.2. The molecule has 0 unspecified atom stereocenters. The first-order valence-electron chi connectivity index (χ1n) is 5.83. The van der Waals surface area contributed by atoms with Crippen molar-refractivity contribution in [2.75, 3.05) is 24.7 Å². The Hall–Kier alpha value is -1.38. The molecule has 2 N–H and O–H groups in total. The monoisotopic (exact) mass is 319 g/mol. The molecule has 9 heteroatoms. The highest BCUT2D eigenvalue weighted by Crippen LogP contribution is 2.25. The minimum atomic E-state index is -0.722. The molecule has 0 spiro atoms. The van der Waals surface area contributed by atoms with Gasteiger partial charge in [0.2, 0.25) is 5.15 Å².